The van der Waals surface area contributed by atoms with E-state index in [1.54, 1.807) is 27.8 Å². The zero-order valence-electron chi connectivity index (χ0n) is 9.90. The summed E-state index contributed by atoms with van der Waals surface area (Å²) in [7, 11) is 1.57. The zero-order chi connectivity index (χ0) is 12.2. The maximum atomic E-state index is 11.6. The molecule has 88 valence electrons. The van der Waals surface area contributed by atoms with Crippen LogP contribution in [0.3, 0.4) is 0 Å². The van der Waals surface area contributed by atoms with Gasteiger partial charge in [0.05, 0.1) is 0 Å². The van der Waals surface area contributed by atoms with Crippen LogP contribution < -0.4 is 5.73 Å². The fourth-order valence-electron chi connectivity index (χ4n) is 0.942. The van der Waals surface area contributed by atoms with Crippen molar-refractivity contribution >= 4 is 23.4 Å². The van der Waals surface area contributed by atoms with Gasteiger partial charge in [-0.2, -0.15) is 0 Å². The predicted molar refractivity (Wildman–Crippen MR) is 63.2 cm³/mol. The van der Waals surface area contributed by atoms with Crippen LogP contribution in [0.1, 0.15) is 27.7 Å². The molecule has 0 rings (SSSR count). The van der Waals surface area contributed by atoms with Crippen LogP contribution in [0.4, 0.5) is 4.79 Å². The van der Waals surface area contributed by atoms with Crippen molar-refractivity contribution in [2.24, 2.45) is 5.73 Å². The fourth-order valence-corrected chi connectivity index (χ4v) is 1.19. The van der Waals surface area contributed by atoms with E-state index in [-0.39, 0.29) is 5.11 Å². The van der Waals surface area contributed by atoms with Crippen molar-refractivity contribution in [1.29, 1.82) is 0 Å². The topological polar surface area (TPSA) is 58.8 Å². The second kappa shape index (κ2) is 5.16. The van der Waals surface area contributed by atoms with Gasteiger partial charge in [-0.1, -0.05) is 0 Å². The Bertz CT molecular complexity index is 250. The highest BCUT2D eigenvalue weighted by Gasteiger charge is 2.23. The van der Waals surface area contributed by atoms with Gasteiger partial charge in [0.1, 0.15) is 5.60 Å². The molecule has 6 heteroatoms. The van der Waals surface area contributed by atoms with E-state index in [0.29, 0.717) is 6.54 Å². The third kappa shape index (κ3) is 4.83. The van der Waals surface area contributed by atoms with Gasteiger partial charge in [-0.15, -0.1) is 0 Å². The van der Waals surface area contributed by atoms with Crippen molar-refractivity contribution in [3.8, 4) is 0 Å². The van der Waals surface area contributed by atoms with E-state index < -0.39 is 11.7 Å². The molecule has 0 saturated carbocycles. The van der Waals surface area contributed by atoms with Crippen LogP contribution >= 0.6 is 12.2 Å². The number of hydrogen-bond acceptors (Lipinski definition) is 3. The molecule has 0 radical (unpaired) electrons. The number of thiocarbonyl (C=S) groups is 1. The Labute approximate surface area is 96.1 Å². The Morgan fingerprint density at radius 3 is 2.20 bits per heavy atom. The predicted octanol–water partition coefficient (Wildman–Crippen LogP) is 1.33. The Kier molecular flexibility index (Phi) is 4.80. The van der Waals surface area contributed by atoms with Gasteiger partial charge in [0.25, 0.3) is 0 Å². The number of nitrogens with zero attached hydrogens (tertiary/aromatic N) is 2. The largest absolute Gasteiger partial charge is 0.442 e. The van der Waals surface area contributed by atoms with E-state index >= 15 is 0 Å². The van der Waals surface area contributed by atoms with Crippen molar-refractivity contribution in [3.05, 3.63) is 0 Å². The molecule has 5 nitrogen and oxygen atoms in total. The minimum atomic E-state index is -0.527. The van der Waals surface area contributed by atoms with Crippen molar-refractivity contribution in [2.45, 2.75) is 33.3 Å². The molecule has 0 unspecified atom stereocenters. The number of rotatable bonds is 1. The number of hydrogen-bond donors (Lipinski definition) is 1. The van der Waals surface area contributed by atoms with Gasteiger partial charge >= 0.3 is 6.09 Å². The summed E-state index contributed by atoms with van der Waals surface area (Å²) < 4.78 is 5.16. The van der Waals surface area contributed by atoms with Crippen molar-refractivity contribution in [3.63, 3.8) is 0 Å². The highest BCUT2D eigenvalue weighted by Crippen LogP contribution is 2.10. The van der Waals surface area contributed by atoms with E-state index in [9.17, 15) is 4.79 Å². The van der Waals surface area contributed by atoms with Gasteiger partial charge in [0, 0.05) is 13.6 Å². The summed E-state index contributed by atoms with van der Waals surface area (Å²) in [5.41, 5.74) is 4.93. The normalized spacial score (nSPS) is 10.7. The van der Waals surface area contributed by atoms with Gasteiger partial charge < -0.3 is 10.5 Å². The standard InChI is InChI=1S/C9H19N3O2S/c1-6-12(7(10)15)11(5)8(13)14-9(2,3)4/h6H2,1-5H3,(H2,10,15). The van der Waals surface area contributed by atoms with Crippen LogP contribution in [-0.4, -0.2) is 40.4 Å². The van der Waals surface area contributed by atoms with E-state index in [1.165, 1.54) is 10.0 Å². The second-order valence-corrected chi connectivity index (χ2v) is 4.48. The van der Waals surface area contributed by atoms with Crippen LogP contribution in [0.2, 0.25) is 0 Å². The summed E-state index contributed by atoms with van der Waals surface area (Å²) in [5.74, 6) is 0. The maximum Gasteiger partial charge on any atom is 0.429 e. The Morgan fingerprint density at radius 1 is 1.47 bits per heavy atom. The molecule has 0 bridgehead atoms. The minimum Gasteiger partial charge on any atom is -0.442 e. The molecule has 1 amide bonds. The lowest BCUT2D eigenvalue weighted by Gasteiger charge is -2.32. The molecule has 0 atom stereocenters. The fraction of sp³-hybridized carbons (Fsp3) is 0.778. The van der Waals surface area contributed by atoms with E-state index in [1.807, 2.05) is 6.92 Å². The molecule has 2 N–H and O–H groups in total. The first kappa shape index (κ1) is 14.0. The Morgan fingerprint density at radius 2 is 1.93 bits per heavy atom. The third-order valence-electron chi connectivity index (χ3n) is 1.57. The summed E-state index contributed by atoms with van der Waals surface area (Å²) >= 11 is 4.81. The molecule has 15 heavy (non-hydrogen) atoms. The number of amides is 1. The summed E-state index contributed by atoms with van der Waals surface area (Å²) in [6.45, 7) is 7.77. The quantitative estimate of drug-likeness (QED) is 0.547. The molecule has 0 heterocycles. The van der Waals surface area contributed by atoms with Gasteiger partial charge in [-0.05, 0) is 39.9 Å². The highest BCUT2D eigenvalue weighted by molar-refractivity contribution is 7.80. The third-order valence-corrected chi connectivity index (χ3v) is 1.78. The summed E-state index contributed by atoms with van der Waals surface area (Å²) in [5, 5.41) is 2.88. The van der Waals surface area contributed by atoms with Crippen LogP contribution in [-0.2, 0) is 4.74 Å². The van der Waals surface area contributed by atoms with Crippen LogP contribution in [0, 0.1) is 0 Å². The van der Waals surface area contributed by atoms with Crippen LogP contribution in [0.15, 0.2) is 0 Å². The van der Waals surface area contributed by atoms with Gasteiger partial charge in [-0.3, -0.25) is 5.01 Å². The molecular formula is C9H19N3O2S. The van der Waals surface area contributed by atoms with E-state index in [0.717, 1.165) is 0 Å². The molecule has 0 aliphatic heterocycles. The zero-order valence-corrected chi connectivity index (χ0v) is 10.7. The lowest BCUT2D eigenvalue weighted by atomic mass is 10.2. The average molecular weight is 233 g/mol. The van der Waals surface area contributed by atoms with Gasteiger partial charge in [0.15, 0.2) is 5.11 Å². The first-order chi connectivity index (χ1) is 6.69. The maximum absolute atomic E-state index is 11.6. The van der Waals surface area contributed by atoms with Crippen molar-refractivity contribution in [1.82, 2.24) is 10.0 Å². The van der Waals surface area contributed by atoms with Gasteiger partial charge in [0.2, 0.25) is 0 Å². The first-order valence-electron chi connectivity index (χ1n) is 4.72. The Balaban J connectivity index is 4.49. The molecule has 0 spiro atoms. The highest BCUT2D eigenvalue weighted by atomic mass is 32.1. The SMILES string of the molecule is CCN(C(N)=S)N(C)C(=O)OC(C)(C)C. The molecule has 0 aliphatic rings. The smallest absolute Gasteiger partial charge is 0.429 e. The van der Waals surface area contributed by atoms with Crippen LogP contribution in [0.5, 0.6) is 0 Å². The first-order valence-corrected chi connectivity index (χ1v) is 5.13. The summed E-state index contributed by atoms with van der Waals surface area (Å²) in [6.07, 6.45) is -0.475. The van der Waals surface area contributed by atoms with Crippen molar-refractivity contribution < 1.29 is 9.53 Å². The number of nitrogens with two attached hydrogens (primary N) is 1. The molecular weight excluding hydrogens is 214 g/mol. The monoisotopic (exact) mass is 233 g/mol. The van der Waals surface area contributed by atoms with E-state index in [4.69, 9.17) is 22.7 Å². The summed E-state index contributed by atoms with van der Waals surface area (Å²) in [6, 6.07) is 0. The van der Waals surface area contributed by atoms with Crippen LogP contribution in [0.25, 0.3) is 0 Å². The molecule has 0 aromatic carbocycles. The number of hydrazine groups is 1. The molecule has 0 saturated heterocycles. The van der Waals surface area contributed by atoms with Crippen molar-refractivity contribution in [2.75, 3.05) is 13.6 Å². The number of carbonyl (C=O) groups excluding carboxylic acids is 1. The number of ether oxygens (including phenoxy) is 1. The molecule has 0 aromatic rings. The second-order valence-electron chi connectivity index (χ2n) is 4.06. The van der Waals surface area contributed by atoms with Gasteiger partial charge in [-0.25, -0.2) is 9.80 Å². The lowest BCUT2D eigenvalue weighted by Crippen LogP contribution is -2.50. The molecule has 0 aromatic heterocycles. The number of carbonyl (C=O) groups is 1. The summed E-state index contributed by atoms with van der Waals surface area (Å²) in [4.78, 5) is 11.6. The molecule has 0 fully saturated rings. The average Bonchev–Trinajstić information content (AvgIpc) is 2.01. The molecule has 0 aliphatic carbocycles. The lowest BCUT2D eigenvalue weighted by molar-refractivity contribution is -0.00774. The van der Waals surface area contributed by atoms with E-state index in [2.05, 4.69) is 0 Å². The minimum absolute atomic E-state index is 0.144. The Hall–Kier alpha value is -1.04.